The van der Waals surface area contributed by atoms with E-state index in [4.69, 9.17) is 5.73 Å². The summed E-state index contributed by atoms with van der Waals surface area (Å²) in [4.78, 5) is 16.4. The van der Waals surface area contributed by atoms with E-state index in [0.717, 1.165) is 24.3 Å². The summed E-state index contributed by atoms with van der Waals surface area (Å²) in [6.07, 6.45) is 7.99. The highest BCUT2D eigenvalue weighted by molar-refractivity contribution is 7.09. The van der Waals surface area contributed by atoms with E-state index in [-0.39, 0.29) is 5.91 Å². The van der Waals surface area contributed by atoms with Crippen LogP contribution in [0.2, 0.25) is 0 Å². The van der Waals surface area contributed by atoms with Crippen LogP contribution in [0.4, 0.5) is 0 Å². The van der Waals surface area contributed by atoms with E-state index in [1.807, 2.05) is 5.38 Å². The molecule has 0 spiro atoms. The molecule has 0 bridgehead atoms. The predicted molar refractivity (Wildman–Crippen MR) is 73.8 cm³/mol. The van der Waals surface area contributed by atoms with Crippen molar-refractivity contribution in [1.29, 1.82) is 0 Å². The van der Waals surface area contributed by atoms with Crippen molar-refractivity contribution in [3.8, 4) is 0 Å². The number of rotatable bonds is 4. The minimum Gasteiger partial charge on any atom is -0.348 e. The van der Waals surface area contributed by atoms with Gasteiger partial charge in [0, 0.05) is 17.8 Å². The maximum Gasteiger partial charge on any atom is 0.270 e. The molecule has 1 aromatic heterocycles. The number of nitrogens with one attached hydrogen (secondary N) is 1. The highest BCUT2D eigenvalue weighted by atomic mass is 32.1. The van der Waals surface area contributed by atoms with E-state index in [2.05, 4.69) is 10.3 Å². The largest absolute Gasteiger partial charge is 0.348 e. The molecule has 1 amide bonds. The SMILES string of the molecule is NCCc1nc(C(=O)NC2CCCCCC2)cs1. The summed E-state index contributed by atoms with van der Waals surface area (Å²) in [5.41, 5.74) is 6.03. The van der Waals surface area contributed by atoms with Crippen molar-refractivity contribution in [1.82, 2.24) is 10.3 Å². The number of amides is 1. The summed E-state index contributed by atoms with van der Waals surface area (Å²) in [5, 5.41) is 5.88. The Morgan fingerprint density at radius 3 is 2.78 bits per heavy atom. The number of carbonyl (C=O) groups is 1. The molecule has 18 heavy (non-hydrogen) atoms. The van der Waals surface area contributed by atoms with Crippen LogP contribution in [0.25, 0.3) is 0 Å². The Morgan fingerprint density at radius 2 is 2.11 bits per heavy atom. The zero-order valence-electron chi connectivity index (χ0n) is 10.7. The standard InChI is InChI=1S/C13H21N3OS/c14-8-7-12-16-11(9-18-12)13(17)15-10-5-3-1-2-4-6-10/h9-10H,1-8,14H2,(H,15,17). The topological polar surface area (TPSA) is 68.0 Å². The van der Waals surface area contributed by atoms with Crippen molar-refractivity contribution in [2.24, 2.45) is 5.73 Å². The molecule has 0 unspecified atom stereocenters. The fraction of sp³-hybridized carbons (Fsp3) is 0.692. The van der Waals surface area contributed by atoms with Gasteiger partial charge in [0.2, 0.25) is 0 Å². The molecule has 4 nitrogen and oxygen atoms in total. The first-order chi connectivity index (χ1) is 8.79. The molecule has 0 aliphatic heterocycles. The molecule has 0 atom stereocenters. The van der Waals surface area contributed by atoms with Gasteiger partial charge < -0.3 is 11.1 Å². The Kier molecular flexibility index (Phi) is 5.13. The van der Waals surface area contributed by atoms with Crippen molar-refractivity contribution in [2.75, 3.05) is 6.54 Å². The number of nitrogens with two attached hydrogens (primary N) is 1. The van der Waals surface area contributed by atoms with Crippen LogP contribution >= 0.6 is 11.3 Å². The van der Waals surface area contributed by atoms with Gasteiger partial charge in [0.05, 0.1) is 5.01 Å². The van der Waals surface area contributed by atoms with E-state index in [0.29, 0.717) is 18.3 Å². The molecule has 2 rings (SSSR count). The van der Waals surface area contributed by atoms with Crippen LogP contribution in [0.5, 0.6) is 0 Å². The maximum absolute atomic E-state index is 12.0. The molecule has 0 saturated heterocycles. The highest BCUT2D eigenvalue weighted by Gasteiger charge is 2.17. The minimum absolute atomic E-state index is 0.0265. The first kappa shape index (κ1) is 13.5. The Bertz CT molecular complexity index is 383. The van der Waals surface area contributed by atoms with Crippen LogP contribution < -0.4 is 11.1 Å². The summed E-state index contributed by atoms with van der Waals surface area (Å²) in [5.74, 6) is -0.0265. The molecule has 100 valence electrons. The molecule has 1 saturated carbocycles. The Balaban J connectivity index is 1.89. The fourth-order valence-corrected chi connectivity index (χ4v) is 3.13. The smallest absolute Gasteiger partial charge is 0.270 e. The molecule has 1 aliphatic rings. The van der Waals surface area contributed by atoms with Crippen LogP contribution in [-0.4, -0.2) is 23.5 Å². The lowest BCUT2D eigenvalue weighted by Gasteiger charge is -2.15. The lowest BCUT2D eigenvalue weighted by molar-refractivity contribution is 0.0929. The van der Waals surface area contributed by atoms with Gasteiger partial charge in [0.1, 0.15) is 5.69 Å². The van der Waals surface area contributed by atoms with Crippen LogP contribution in [0, 0.1) is 0 Å². The van der Waals surface area contributed by atoms with E-state index in [1.54, 1.807) is 0 Å². The van der Waals surface area contributed by atoms with Gasteiger partial charge in [-0.1, -0.05) is 25.7 Å². The van der Waals surface area contributed by atoms with Crippen molar-refractivity contribution >= 4 is 17.2 Å². The second-order valence-electron chi connectivity index (χ2n) is 4.83. The second-order valence-corrected chi connectivity index (χ2v) is 5.77. The number of carbonyl (C=O) groups excluding carboxylic acids is 1. The molecule has 1 aliphatic carbocycles. The van der Waals surface area contributed by atoms with Gasteiger partial charge in [-0.15, -0.1) is 11.3 Å². The molecule has 0 radical (unpaired) electrons. The first-order valence-corrected chi connectivity index (χ1v) is 7.63. The number of hydrogen-bond acceptors (Lipinski definition) is 4. The number of hydrogen-bond donors (Lipinski definition) is 2. The van der Waals surface area contributed by atoms with Gasteiger partial charge in [0.25, 0.3) is 5.91 Å². The summed E-state index contributed by atoms with van der Waals surface area (Å²) < 4.78 is 0. The maximum atomic E-state index is 12.0. The Hall–Kier alpha value is -0.940. The Morgan fingerprint density at radius 1 is 1.39 bits per heavy atom. The number of aromatic nitrogens is 1. The van der Waals surface area contributed by atoms with E-state index < -0.39 is 0 Å². The Labute approximate surface area is 112 Å². The zero-order chi connectivity index (χ0) is 12.8. The molecular formula is C13H21N3OS. The molecule has 1 heterocycles. The van der Waals surface area contributed by atoms with Gasteiger partial charge in [-0.3, -0.25) is 4.79 Å². The van der Waals surface area contributed by atoms with Crippen LogP contribution in [0.3, 0.4) is 0 Å². The summed E-state index contributed by atoms with van der Waals surface area (Å²) in [6.45, 7) is 0.581. The first-order valence-electron chi connectivity index (χ1n) is 6.75. The third-order valence-corrected chi connectivity index (χ3v) is 4.24. The quantitative estimate of drug-likeness (QED) is 0.821. The van der Waals surface area contributed by atoms with Gasteiger partial charge in [0.15, 0.2) is 0 Å². The average Bonchev–Trinajstić information content (AvgIpc) is 2.67. The second kappa shape index (κ2) is 6.85. The van der Waals surface area contributed by atoms with E-state index in [1.165, 1.54) is 37.0 Å². The lowest BCUT2D eigenvalue weighted by Crippen LogP contribution is -2.34. The van der Waals surface area contributed by atoms with Crippen LogP contribution in [0.1, 0.15) is 54.0 Å². The zero-order valence-corrected chi connectivity index (χ0v) is 11.5. The summed E-state index contributed by atoms with van der Waals surface area (Å²) >= 11 is 1.52. The van der Waals surface area contributed by atoms with E-state index >= 15 is 0 Å². The molecule has 5 heteroatoms. The van der Waals surface area contributed by atoms with Gasteiger partial charge in [-0.2, -0.15) is 0 Å². The third-order valence-electron chi connectivity index (χ3n) is 3.33. The number of thiazole rings is 1. The number of nitrogens with zero attached hydrogens (tertiary/aromatic N) is 1. The van der Waals surface area contributed by atoms with Gasteiger partial charge in [-0.05, 0) is 19.4 Å². The molecular weight excluding hydrogens is 246 g/mol. The summed E-state index contributed by atoms with van der Waals surface area (Å²) in [6, 6.07) is 0.333. The monoisotopic (exact) mass is 267 g/mol. The summed E-state index contributed by atoms with van der Waals surface area (Å²) in [7, 11) is 0. The van der Waals surface area contributed by atoms with E-state index in [9.17, 15) is 4.79 Å². The van der Waals surface area contributed by atoms with Crippen LogP contribution in [-0.2, 0) is 6.42 Å². The normalized spacial score (nSPS) is 17.4. The van der Waals surface area contributed by atoms with Crippen molar-refractivity contribution < 1.29 is 4.79 Å². The molecule has 0 aromatic carbocycles. The molecule has 1 fully saturated rings. The van der Waals surface area contributed by atoms with Crippen molar-refractivity contribution in [2.45, 2.75) is 51.0 Å². The minimum atomic E-state index is -0.0265. The van der Waals surface area contributed by atoms with Crippen LogP contribution in [0.15, 0.2) is 5.38 Å². The van der Waals surface area contributed by atoms with Gasteiger partial charge in [-0.25, -0.2) is 4.98 Å². The molecule has 3 N–H and O–H groups in total. The third kappa shape index (κ3) is 3.78. The van der Waals surface area contributed by atoms with Crippen molar-refractivity contribution in [3.63, 3.8) is 0 Å². The van der Waals surface area contributed by atoms with Crippen molar-refractivity contribution in [3.05, 3.63) is 16.1 Å². The predicted octanol–water partition coefficient (Wildman–Crippen LogP) is 2.10. The lowest BCUT2D eigenvalue weighted by atomic mass is 10.1. The van der Waals surface area contributed by atoms with Gasteiger partial charge >= 0.3 is 0 Å². The average molecular weight is 267 g/mol. The fourth-order valence-electron chi connectivity index (χ4n) is 2.34. The highest BCUT2D eigenvalue weighted by Crippen LogP contribution is 2.18. The molecule has 1 aromatic rings.